The van der Waals surface area contributed by atoms with Crippen LogP contribution in [0.25, 0.3) is 0 Å². The maximum atomic E-state index is 13.0. The summed E-state index contributed by atoms with van der Waals surface area (Å²) in [5.41, 5.74) is 0.986. The lowest BCUT2D eigenvalue weighted by Crippen LogP contribution is -2.12. The average Bonchev–Trinajstić information content (AvgIpc) is 2.95. The van der Waals surface area contributed by atoms with E-state index < -0.39 is 21.7 Å². The molecule has 0 aliphatic rings. The summed E-state index contributed by atoms with van der Waals surface area (Å²) in [4.78, 5) is 16.7. The van der Waals surface area contributed by atoms with Gasteiger partial charge in [0, 0.05) is 10.2 Å². The maximum absolute atomic E-state index is 13.0. The molecule has 0 atom stereocenters. The Morgan fingerprint density at radius 1 is 1.19 bits per heavy atom. The molecule has 0 radical (unpaired) electrons. The number of aryl methyl sites for hydroxylation is 1. The number of halogens is 2. The number of carbonyl (C=O) groups is 1. The number of rotatable bonds is 5. The Hall–Kier alpha value is -2.30. The zero-order valence-electron chi connectivity index (χ0n) is 13.9. The molecule has 3 rings (SSSR count). The molecule has 0 saturated carbocycles. The number of hydrogen-bond donors (Lipinski definition) is 2. The predicted molar refractivity (Wildman–Crippen MR) is 106 cm³/mol. The van der Waals surface area contributed by atoms with Gasteiger partial charge in [-0.25, -0.2) is 17.8 Å². The Kier molecular flexibility index (Phi) is 5.59. The molecule has 6 nitrogen and oxygen atoms in total. The van der Waals surface area contributed by atoms with Crippen molar-refractivity contribution in [1.29, 1.82) is 0 Å². The van der Waals surface area contributed by atoms with Crippen molar-refractivity contribution >= 4 is 54.0 Å². The summed E-state index contributed by atoms with van der Waals surface area (Å²) in [6.07, 6.45) is 0. The molecule has 0 fully saturated rings. The molecule has 3 aromatic rings. The molecule has 0 aliphatic heterocycles. The summed E-state index contributed by atoms with van der Waals surface area (Å²) >= 11 is 4.24. The van der Waals surface area contributed by atoms with Gasteiger partial charge in [-0.1, -0.05) is 33.3 Å². The van der Waals surface area contributed by atoms with Crippen molar-refractivity contribution in [3.8, 4) is 0 Å². The monoisotopic (exact) mass is 469 g/mol. The van der Waals surface area contributed by atoms with Gasteiger partial charge in [0.25, 0.3) is 15.9 Å². The zero-order valence-corrected chi connectivity index (χ0v) is 17.1. The van der Waals surface area contributed by atoms with Gasteiger partial charge in [0.05, 0.1) is 10.6 Å². The highest BCUT2D eigenvalue weighted by molar-refractivity contribution is 9.10. The molecule has 0 spiro atoms. The Bertz CT molecular complexity index is 1100. The molecule has 0 saturated heterocycles. The standard InChI is InChI=1S/C17H13BrFN3O3S2/c1-10-15(16(23)21-13-4-2-3-11(18)9-13)26-17(20-10)22-27(24,25)14-7-5-12(19)6-8-14/h2-9H,1H3,(H,20,22)(H,21,23). The van der Waals surface area contributed by atoms with Crippen molar-refractivity contribution < 1.29 is 17.6 Å². The summed E-state index contributed by atoms with van der Waals surface area (Å²) in [7, 11) is -3.93. The van der Waals surface area contributed by atoms with Crippen molar-refractivity contribution in [3.05, 3.63) is 69.4 Å². The van der Waals surface area contributed by atoms with Crippen LogP contribution in [0, 0.1) is 12.7 Å². The number of nitrogens with zero attached hydrogens (tertiary/aromatic N) is 1. The van der Waals surface area contributed by atoms with Crippen LogP contribution in [-0.4, -0.2) is 19.3 Å². The lowest BCUT2D eigenvalue weighted by atomic mass is 10.3. The van der Waals surface area contributed by atoms with Gasteiger partial charge in [-0.15, -0.1) is 0 Å². The fraction of sp³-hybridized carbons (Fsp3) is 0.0588. The summed E-state index contributed by atoms with van der Waals surface area (Å²) in [6, 6.07) is 11.5. The summed E-state index contributed by atoms with van der Waals surface area (Å²) in [5, 5.41) is 2.79. The van der Waals surface area contributed by atoms with E-state index in [1.807, 2.05) is 6.07 Å². The Morgan fingerprint density at radius 2 is 1.89 bits per heavy atom. The lowest BCUT2D eigenvalue weighted by Gasteiger charge is -2.05. The quantitative estimate of drug-likeness (QED) is 0.579. The van der Waals surface area contributed by atoms with Crippen molar-refractivity contribution in [1.82, 2.24) is 4.98 Å². The number of hydrogen-bond acceptors (Lipinski definition) is 5. The van der Waals surface area contributed by atoms with Gasteiger partial charge in [-0.2, -0.15) is 0 Å². The largest absolute Gasteiger partial charge is 0.321 e. The number of thiazole rings is 1. The molecule has 27 heavy (non-hydrogen) atoms. The second-order valence-electron chi connectivity index (χ2n) is 5.46. The van der Waals surface area contributed by atoms with Crippen molar-refractivity contribution in [2.75, 3.05) is 10.0 Å². The van der Waals surface area contributed by atoms with E-state index in [9.17, 15) is 17.6 Å². The summed E-state index contributed by atoms with van der Waals surface area (Å²) in [6.45, 7) is 1.61. The van der Waals surface area contributed by atoms with E-state index >= 15 is 0 Å². The number of anilines is 2. The third kappa shape index (κ3) is 4.71. The van der Waals surface area contributed by atoms with Crippen LogP contribution in [0.2, 0.25) is 0 Å². The first kappa shape index (κ1) is 19.5. The third-order valence-electron chi connectivity index (χ3n) is 3.43. The number of carbonyl (C=O) groups excluding carboxylic acids is 1. The molecule has 2 N–H and O–H groups in total. The normalized spacial score (nSPS) is 11.2. The minimum absolute atomic E-state index is 0.0521. The van der Waals surface area contributed by atoms with Crippen LogP contribution in [0.4, 0.5) is 15.2 Å². The van der Waals surface area contributed by atoms with Crippen LogP contribution in [0.5, 0.6) is 0 Å². The highest BCUT2D eigenvalue weighted by atomic mass is 79.9. The Morgan fingerprint density at radius 3 is 2.56 bits per heavy atom. The Balaban J connectivity index is 1.79. The fourth-order valence-electron chi connectivity index (χ4n) is 2.19. The van der Waals surface area contributed by atoms with Crippen molar-refractivity contribution in [3.63, 3.8) is 0 Å². The predicted octanol–water partition coefficient (Wildman–Crippen LogP) is 4.41. The van der Waals surface area contributed by atoms with Gasteiger partial charge in [0.1, 0.15) is 10.7 Å². The highest BCUT2D eigenvalue weighted by Crippen LogP contribution is 2.26. The Labute approximate surface area is 167 Å². The topological polar surface area (TPSA) is 88.2 Å². The molecule has 0 unspecified atom stereocenters. The van der Waals surface area contributed by atoms with Gasteiger partial charge in [0.2, 0.25) is 0 Å². The van der Waals surface area contributed by atoms with Crippen LogP contribution in [0.1, 0.15) is 15.4 Å². The van der Waals surface area contributed by atoms with Gasteiger partial charge in [-0.05, 0) is 49.4 Å². The van der Waals surface area contributed by atoms with Crippen LogP contribution in [0.3, 0.4) is 0 Å². The number of amides is 1. The molecule has 140 valence electrons. The minimum atomic E-state index is -3.93. The lowest BCUT2D eigenvalue weighted by molar-refractivity contribution is 0.103. The molecular weight excluding hydrogens is 457 g/mol. The van der Waals surface area contributed by atoms with E-state index in [0.717, 1.165) is 40.1 Å². The first-order chi connectivity index (χ1) is 12.7. The fourth-order valence-corrected chi connectivity index (χ4v) is 4.69. The van der Waals surface area contributed by atoms with Gasteiger partial charge in [-0.3, -0.25) is 9.52 Å². The summed E-state index contributed by atoms with van der Waals surface area (Å²) < 4.78 is 40.8. The first-order valence-corrected chi connectivity index (χ1v) is 10.7. The third-order valence-corrected chi connectivity index (χ3v) is 6.48. The summed E-state index contributed by atoms with van der Waals surface area (Å²) in [5.74, 6) is -0.930. The molecule has 1 amide bonds. The second kappa shape index (κ2) is 7.75. The smallest absolute Gasteiger partial charge is 0.267 e. The average molecular weight is 470 g/mol. The van der Waals surface area contributed by atoms with Gasteiger partial charge in [0.15, 0.2) is 5.13 Å². The number of nitrogens with one attached hydrogen (secondary N) is 2. The van der Waals surface area contributed by atoms with Crippen LogP contribution in [0.15, 0.2) is 57.9 Å². The highest BCUT2D eigenvalue weighted by Gasteiger charge is 2.20. The number of benzene rings is 2. The molecule has 10 heteroatoms. The van der Waals surface area contributed by atoms with Crippen LogP contribution < -0.4 is 10.0 Å². The van der Waals surface area contributed by atoms with E-state index in [1.165, 1.54) is 0 Å². The van der Waals surface area contributed by atoms with E-state index in [2.05, 4.69) is 31.0 Å². The van der Waals surface area contributed by atoms with Crippen molar-refractivity contribution in [2.24, 2.45) is 0 Å². The molecule has 1 aromatic heterocycles. The van der Waals surface area contributed by atoms with Crippen LogP contribution in [-0.2, 0) is 10.0 Å². The van der Waals surface area contributed by atoms with E-state index in [0.29, 0.717) is 11.4 Å². The molecule has 2 aromatic carbocycles. The SMILES string of the molecule is Cc1nc(NS(=O)(=O)c2ccc(F)cc2)sc1C(=O)Nc1cccc(Br)c1. The number of sulfonamides is 1. The van der Waals surface area contributed by atoms with Gasteiger partial charge < -0.3 is 5.32 Å². The van der Waals surface area contributed by atoms with E-state index in [1.54, 1.807) is 25.1 Å². The zero-order chi connectivity index (χ0) is 19.6. The van der Waals surface area contributed by atoms with E-state index in [-0.39, 0.29) is 14.9 Å². The molecular formula is C17H13BrFN3O3S2. The first-order valence-electron chi connectivity index (χ1n) is 7.57. The second-order valence-corrected chi connectivity index (χ2v) is 9.05. The van der Waals surface area contributed by atoms with E-state index in [4.69, 9.17) is 0 Å². The molecule has 0 aliphatic carbocycles. The minimum Gasteiger partial charge on any atom is -0.321 e. The molecule has 0 bridgehead atoms. The van der Waals surface area contributed by atoms with Crippen molar-refractivity contribution in [2.45, 2.75) is 11.8 Å². The van der Waals surface area contributed by atoms with Crippen LogP contribution >= 0.6 is 27.3 Å². The molecule has 1 heterocycles. The number of aromatic nitrogens is 1. The maximum Gasteiger partial charge on any atom is 0.267 e. The van der Waals surface area contributed by atoms with Gasteiger partial charge >= 0.3 is 0 Å².